The van der Waals surface area contributed by atoms with Gasteiger partial charge in [0.2, 0.25) is 0 Å². The summed E-state index contributed by atoms with van der Waals surface area (Å²) in [5.74, 6) is -0.828. The van der Waals surface area contributed by atoms with E-state index in [9.17, 15) is 30.0 Å². The molecule has 6 unspecified atom stereocenters. The number of unbranched alkanes of at least 4 members (excludes halogenated alkanes) is 22. The predicted molar refractivity (Wildman–Crippen MR) is 247 cm³/mol. The second-order valence-electron chi connectivity index (χ2n) is 16.9. The van der Waals surface area contributed by atoms with Crippen LogP contribution < -0.4 is 0 Å². The van der Waals surface area contributed by atoms with Crippen molar-refractivity contribution in [1.29, 1.82) is 0 Å². The largest absolute Gasteiger partial charge is 0.462 e. The number of hydrogen-bond acceptors (Lipinski definition) is 10. The van der Waals surface area contributed by atoms with Crippen LogP contribution in [-0.2, 0) is 28.5 Å². The molecular weight excluding hydrogens is 773 g/mol. The number of ether oxygens (including phenoxy) is 4. The van der Waals surface area contributed by atoms with E-state index in [0.717, 1.165) is 70.6 Å². The van der Waals surface area contributed by atoms with E-state index in [1.807, 2.05) is 0 Å². The van der Waals surface area contributed by atoms with Crippen molar-refractivity contribution in [3.8, 4) is 0 Å². The first kappa shape index (κ1) is 56.7. The summed E-state index contributed by atoms with van der Waals surface area (Å²) in [7, 11) is 0. The Balaban J connectivity index is 2.29. The zero-order valence-electron chi connectivity index (χ0n) is 38.7. The Labute approximate surface area is 371 Å². The molecule has 1 saturated heterocycles. The minimum atomic E-state index is -1.60. The Kier molecular flexibility index (Phi) is 38.7. The van der Waals surface area contributed by atoms with Crippen LogP contribution in [0.2, 0.25) is 0 Å². The van der Waals surface area contributed by atoms with E-state index in [2.05, 4.69) is 62.5 Å². The molecule has 1 aliphatic heterocycles. The maximum absolute atomic E-state index is 12.8. The summed E-state index contributed by atoms with van der Waals surface area (Å²) in [6.07, 6.45) is 42.6. The molecule has 0 spiro atoms. The molecule has 354 valence electrons. The van der Waals surface area contributed by atoms with Gasteiger partial charge >= 0.3 is 11.9 Å². The zero-order valence-corrected chi connectivity index (χ0v) is 38.7. The molecule has 1 heterocycles. The van der Waals surface area contributed by atoms with Gasteiger partial charge in [-0.2, -0.15) is 0 Å². The van der Waals surface area contributed by atoms with Crippen molar-refractivity contribution in [2.75, 3.05) is 19.8 Å². The third kappa shape index (κ3) is 32.9. The maximum atomic E-state index is 12.8. The highest BCUT2D eigenvalue weighted by molar-refractivity contribution is 5.70. The molecule has 0 bridgehead atoms. The quantitative estimate of drug-likeness (QED) is 0.0265. The molecule has 0 aromatic carbocycles. The van der Waals surface area contributed by atoms with Crippen molar-refractivity contribution in [2.24, 2.45) is 0 Å². The standard InChI is InChI=1S/C51H90O10/c1-3-5-7-9-11-13-15-17-19-21-22-24-25-27-29-31-33-35-37-39-46(53)58-42-44(43-59-51-50(57)49(56)48(55)45(41-52)61-51)60-47(54)40-38-36-34-32-30-28-26-23-20-18-16-14-12-10-8-6-4-2/h6,8,12,14,18,20,26,28,44-45,48-52,55-57H,3-5,7,9-11,13,15-17,19,21-25,27,29-43H2,1-2H3/b8-6-,14-12-,20-18-,28-26-. The monoisotopic (exact) mass is 863 g/mol. The minimum Gasteiger partial charge on any atom is -0.462 e. The number of esters is 2. The summed E-state index contributed by atoms with van der Waals surface area (Å²) < 4.78 is 22.2. The highest BCUT2D eigenvalue weighted by Crippen LogP contribution is 2.23. The molecule has 1 rings (SSSR count). The van der Waals surface area contributed by atoms with E-state index in [-0.39, 0.29) is 32.0 Å². The van der Waals surface area contributed by atoms with Crippen LogP contribution in [0.5, 0.6) is 0 Å². The lowest BCUT2D eigenvalue weighted by molar-refractivity contribution is -0.305. The van der Waals surface area contributed by atoms with Gasteiger partial charge < -0.3 is 39.4 Å². The summed E-state index contributed by atoms with van der Waals surface area (Å²) in [5.41, 5.74) is 0. The first-order valence-corrected chi connectivity index (χ1v) is 24.7. The fourth-order valence-corrected chi connectivity index (χ4v) is 7.36. The molecule has 0 saturated carbocycles. The van der Waals surface area contributed by atoms with E-state index >= 15 is 0 Å². The Morgan fingerprint density at radius 2 is 0.967 bits per heavy atom. The van der Waals surface area contributed by atoms with Gasteiger partial charge in [0.1, 0.15) is 31.0 Å². The fourth-order valence-electron chi connectivity index (χ4n) is 7.36. The van der Waals surface area contributed by atoms with Crippen LogP contribution in [-0.4, -0.2) is 89.0 Å². The average molecular weight is 863 g/mol. The van der Waals surface area contributed by atoms with Crippen LogP contribution in [0.3, 0.4) is 0 Å². The van der Waals surface area contributed by atoms with E-state index in [4.69, 9.17) is 18.9 Å². The van der Waals surface area contributed by atoms with Gasteiger partial charge in [-0.15, -0.1) is 0 Å². The van der Waals surface area contributed by atoms with Gasteiger partial charge in [-0.1, -0.05) is 191 Å². The smallest absolute Gasteiger partial charge is 0.306 e. The molecule has 0 radical (unpaired) electrons. The van der Waals surface area contributed by atoms with Crippen LogP contribution in [0.25, 0.3) is 0 Å². The molecule has 1 aliphatic rings. The number of aliphatic hydroxyl groups excluding tert-OH is 4. The van der Waals surface area contributed by atoms with Gasteiger partial charge in [-0.25, -0.2) is 0 Å². The predicted octanol–water partition coefficient (Wildman–Crippen LogP) is 11.2. The van der Waals surface area contributed by atoms with Crippen LogP contribution in [0.4, 0.5) is 0 Å². The average Bonchev–Trinajstić information content (AvgIpc) is 3.26. The van der Waals surface area contributed by atoms with Crippen molar-refractivity contribution in [1.82, 2.24) is 0 Å². The summed E-state index contributed by atoms with van der Waals surface area (Å²) >= 11 is 0. The first-order chi connectivity index (χ1) is 29.8. The highest BCUT2D eigenvalue weighted by Gasteiger charge is 2.44. The SMILES string of the molecule is CC/C=C\C/C=C\C/C=C\C/C=C\CCCCCCC(=O)OC(COC(=O)CCCCCCCCCCCCCCCCCCCCC)COC1OC(CO)C(O)C(O)C1O. The van der Waals surface area contributed by atoms with Gasteiger partial charge in [0.25, 0.3) is 0 Å². The molecule has 1 fully saturated rings. The number of carbonyl (C=O) groups is 2. The number of rotatable bonds is 41. The minimum absolute atomic E-state index is 0.202. The van der Waals surface area contributed by atoms with Gasteiger partial charge in [-0.05, 0) is 51.4 Å². The number of hydrogen-bond donors (Lipinski definition) is 4. The summed E-state index contributed by atoms with van der Waals surface area (Å²) in [6, 6.07) is 0. The van der Waals surface area contributed by atoms with E-state index in [1.54, 1.807) is 0 Å². The van der Waals surface area contributed by atoms with E-state index in [0.29, 0.717) is 6.42 Å². The first-order valence-electron chi connectivity index (χ1n) is 24.7. The Morgan fingerprint density at radius 3 is 1.46 bits per heavy atom. The summed E-state index contributed by atoms with van der Waals surface area (Å²) in [6.45, 7) is 3.31. The Morgan fingerprint density at radius 1 is 0.525 bits per heavy atom. The molecule has 10 nitrogen and oxygen atoms in total. The van der Waals surface area contributed by atoms with Gasteiger partial charge in [0, 0.05) is 12.8 Å². The van der Waals surface area contributed by atoms with Gasteiger partial charge in [-0.3, -0.25) is 9.59 Å². The number of carbonyl (C=O) groups excluding carboxylic acids is 2. The highest BCUT2D eigenvalue weighted by atomic mass is 16.7. The topological polar surface area (TPSA) is 152 Å². The van der Waals surface area contributed by atoms with Crippen LogP contribution >= 0.6 is 0 Å². The Bertz CT molecular complexity index is 1130. The third-order valence-corrected chi connectivity index (χ3v) is 11.2. The van der Waals surface area contributed by atoms with Crippen molar-refractivity contribution in [3.05, 3.63) is 48.6 Å². The molecule has 61 heavy (non-hydrogen) atoms. The molecule has 10 heteroatoms. The summed E-state index contributed by atoms with van der Waals surface area (Å²) in [5, 5.41) is 40.2. The van der Waals surface area contributed by atoms with Crippen LogP contribution in [0.1, 0.15) is 206 Å². The maximum Gasteiger partial charge on any atom is 0.306 e. The molecular formula is C51H90O10. The normalized spacial score (nSPS) is 20.1. The van der Waals surface area contributed by atoms with Crippen LogP contribution in [0, 0.1) is 0 Å². The van der Waals surface area contributed by atoms with Gasteiger partial charge in [0.05, 0.1) is 13.2 Å². The van der Waals surface area contributed by atoms with E-state index in [1.165, 1.54) is 103 Å². The molecule has 0 amide bonds. The second-order valence-corrected chi connectivity index (χ2v) is 16.9. The third-order valence-electron chi connectivity index (χ3n) is 11.2. The number of aliphatic hydroxyl groups is 4. The lowest BCUT2D eigenvalue weighted by Gasteiger charge is -2.39. The number of allylic oxidation sites excluding steroid dienone is 8. The van der Waals surface area contributed by atoms with E-state index < -0.39 is 49.4 Å². The molecule has 0 aromatic heterocycles. The molecule has 0 aliphatic carbocycles. The second kappa shape index (κ2) is 41.7. The lowest BCUT2D eigenvalue weighted by atomic mass is 9.99. The van der Waals surface area contributed by atoms with Crippen LogP contribution in [0.15, 0.2) is 48.6 Å². The molecule has 0 aromatic rings. The van der Waals surface area contributed by atoms with Gasteiger partial charge in [0.15, 0.2) is 12.4 Å². The van der Waals surface area contributed by atoms with Crippen molar-refractivity contribution in [2.45, 2.75) is 243 Å². The lowest BCUT2D eigenvalue weighted by Crippen LogP contribution is -2.59. The van der Waals surface area contributed by atoms with Crippen molar-refractivity contribution >= 4 is 11.9 Å². The molecule has 6 atom stereocenters. The fraction of sp³-hybridized carbons (Fsp3) is 0.804. The molecule has 4 N–H and O–H groups in total. The zero-order chi connectivity index (χ0) is 44.4. The van der Waals surface area contributed by atoms with Crippen molar-refractivity contribution in [3.63, 3.8) is 0 Å². The summed E-state index contributed by atoms with van der Waals surface area (Å²) in [4.78, 5) is 25.4. The Hall–Kier alpha value is -2.34. The van der Waals surface area contributed by atoms with Crippen molar-refractivity contribution < 1.29 is 49.0 Å².